The predicted octanol–water partition coefficient (Wildman–Crippen LogP) is 5.15. The van der Waals surface area contributed by atoms with Crippen molar-refractivity contribution in [2.45, 2.75) is 32.1 Å². The van der Waals surface area contributed by atoms with Crippen molar-refractivity contribution in [1.29, 1.82) is 0 Å². The lowest BCUT2D eigenvalue weighted by atomic mass is 9.94. The Kier molecular flexibility index (Phi) is 5.08. The molecule has 0 bridgehead atoms. The Morgan fingerprint density at radius 3 is 2.40 bits per heavy atom. The van der Waals surface area contributed by atoms with Gasteiger partial charge in [0.2, 0.25) is 0 Å². The molecule has 0 aromatic heterocycles. The van der Waals surface area contributed by atoms with Crippen LogP contribution in [0.2, 0.25) is 0 Å². The molecule has 20 heavy (non-hydrogen) atoms. The summed E-state index contributed by atoms with van der Waals surface area (Å²) in [5.41, 5.74) is 4.84. The van der Waals surface area contributed by atoms with Gasteiger partial charge in [-0.3, -0.25) is 0 Å². The standard InChI is InChI=1S/C18H21ClO/c1-4-13-10-11-14(5-2)16(12-13)18(19)15-8-6-7-9-17(15)20-3/h6-12,18H,4-5H2,1-3H3. The molecule has 2 heteroatoms. The first-order valence-corrected chi connectivity index (χ1v) is 7.53. The number of hydrogen-bond acceptors (Lipinski definition) is 1. The average molecular weight is 289 g/mol. The smallest absolute Gasteiger partial charge is 0.123 e. The fraction of sp³-hybridized carbons (Fsp3) is 0.333. The summed E-state index contributed by atoms with van der Waals surface area (Å²) in [6.45, 7) is 4.33. The highest BCUT2D eigenvalue weighted by molar-refractivity contribution is 6.23. The summed E-state index contributed by atoms with van der Waals surface area (Å²) in [5, 5.41) is -0.174. The molecule has 0 fully saturated rings. The van der Waals surface area contributed by atoms with Gasteiger partial charge in [0, 0.05) is 5.56 Å². The largest absolute Gasteiger partial charge is 0.496 e. The third-order valence-electron chi connectivity index (χ3n) is 3.68. The van der Waals surface area contributed by atoms with E-state index in [1.165, 1.54) is 16.7 Å². The third-order valence-corrected chi connectivity index (χ3v) is 4.15. The molecule has 0 heterocycles. The maximum absolute atomic E-state index is 6.75. The summed E-state index contributed by atoms with van der Waals surface area (Å²) < 4.78 is 5.43. The van der Waals surface area contributed by atoms with Gasteiger partial charge in [0.15, 0.2) is 0 Å². The molecular weight excluding hydrogens is 268 g/mol. The number of methoxy groups -OCH3 is 1. The zero-order chi connectivity index (χ0) is 14.5. The van der Waals surface area contributed by atoms with Crippen LogP contribution >= 0.6 is 11.6 Å². The van der Waals surface area contributed by atoms with Crippen LogP contribution in [0.5, 0.6) is 5.75 Å². The van der Waals surface area contributed by atoms with E-state index in [2.05, 4.69) is 32.0 Å². The Bertz CT molecular complexity index is 577. The number of alkyl halides is 1. The molecule has 0 spiro atoms. The number of aryl methyl sites for hydroxylation is 2. The number of halogens is 1. The van der Waals surface area contributed by atoms with Crippen LogP contribution < -0.4 is 4.74 Å². The van der Waals surface area contributed by atoms with E-state index in [1.54, 1.807) is 7.11 Å². The molecule has 0 radical (unpaired) electrons. The number of para-hydroxylation sites is 1. The minimum Gasteiger partial charge on any atom is -0.496 e. The Hall–Kier alpha value is -1.47. The maximum Gasteiger partial charge on any atom is 0.123 e. The van der Waals surface area contributed by atoms with Crippen LogP contribution in [-0.2, 0) is 12.8 Å². The van der Waals surface area contributed by atoms with Crippen LogP contribution in [0.4, 0.5) is 0 Å². The highest BCUT2D eigenvalue weighted by Gasteiger charge is 2.18. The van der Waals surface area contributed by atoms with E-state index >= 15 is 0 Å². The Balaban J connectivity index is 2.49. The molecule has 0 saturated carbocycles. The predicted molar refractivity (Wildman–Crippen MR) is 85.9 cm³/mol. The van der Waals surface area contributed by atoms with Crippen molar-refractivity contribution in [2.24, 2.45) is 0 Å². The van der Waals surface area contributed by atoms with E-state index < -0.39 is 0 Å². The van der Waals surface area contributed by atoms with Crippen LogP contribution in [-0.4, -0.2) is 7.11 Å². The fourth-order valence-electron chi connectivity index (χ4n) is 2.47. The summed E-state index contributed by atoms with van der Waals surface area (Å²) in [5.74, 6) is 0.844. The molecule has 1 atom stereocenters. The zero-order valence-corrected chi connectivity index (χ0v) is 13.1. The third kappa shape index (κ3) is 2.99. The highest BCUT2D eigenvalue weighted by Crippen LogP contribution is 2.37. The number of benzene rings is 2. The van der Waals surface area contributed by atoms with E-state index in [0.717, 1.165) is 24.2 Å². The van der Waals surface area contributed by atoms with Gasteiger partial charge in [-0.05, 0) is 35.6 Å². The monoisotopic (exact) mass is 288 g/mol. The normalized spacial score (nSPS) is 12.2. The molecule has 0 amide bonds. The SMILES string of the molecule is CCc1ccc(CC)c(C(Cl)c2ccccc2OC)c1. The fourth-order valence-corrected chi connectivity index (χ4v) is 2.85. The quantitative estimate of drug-likeness (QED) is 0.692. The molecular formula is C18H21ClO. The van der Waals surface area contributed by atoms with Gasteiger partial charge < -0.3 is 4.74 Å². The second kappa shape index (κ2) is 6.81. The van der Waals surface area contributed by atoms with Gasteiger partial charge in [-0.25, -0.2) is 0 Å². The van der Waals surface area contributed by atoms with Crippen LogP contribution in [0.1, 0.15) is 41.5 Å². The van der Waals surface area contributed by atoms with Crippen molar-refractivity contribution >= 4 is 11.6 Å². The lowest BCUT2D eigenvalue weighted by Crippen LogP contribution is -2.02. The lowest BCUT2D eigenvalue weighted by molar-refractivity contribution is 0.410. The molecule has 1 nitrogen and oxygen atoms in total. The summed E-state index contributed by atoms with van der Waals surface area (Å²) >= 11 is 6.75. The summed E-state index contributed by atoms with van der Waals surface area (Å²) in [6.07, 6.45) is 2.00. The first-order chi connectivity index (χ1) is 9.71. The van der Waals surface area contributed by atoms with Crippen LogP contribution in [0.3, 0.4) is 0 Å². The van der Waals surface area contributed by atoms with Gasteiger partial charge in [0.1, 0.15) is 5.75 Å². The topological polar surface area (TPSA) is 9.23 Å². The lowest BCUT2D eigenvalue weighted by Gasteiger charge is -2.18. The number of rotatable bonds is 5. The molecule has 2 aromatic rings. The van der Waals surface area contributed by atoms with Crippen molar-refractivity contribution in [3.63, 3.8) is 0 Å². The number of ether oxygens (including phenoxy) is 1. The van der Waals surface area contributed by atoms with E-state index in [-0.39, 0.29) is 5.38 Å². The molecule has 0 saturated heterocycles. The molecule has 0 N–H and O–H groups in total. The molecule has 0 aliphatic carbocycles. The van der Waals surface area contributed by atoms with Gasteiger partial charge in [0.25, 0.3) is 0 Å². The minimum atomic E-state index is -0.174. The Morgan fingerprint density at radius 2 is 1.75 bits per heavy atom. The van der Waals surface area contributed by atoms with Crippen molar-refractivity contribution in [1.82, 2.24) is 0 Å². The second-order valence-corrected chi connectivity index (χ2v) is 5.28. The van der Waals surface area contributed by atoms with Crippen molar-refractivity contribution < 1.29 is 4.74 Å². The minimum absolute atomic E-state index is 0.174. The second-order valence-electron chi connectivity index (χ2n) is 4.84. The van der Waals surface area contributed by atoms with E-state index in [4.69, 9.17) is 16.3 Å². The highest BCUT2D eigenvalue weighted by atomic mass is 35.5. The molecule has 2 rings (SSSR count). The van der Waals surface area contributed by atoms with Crippen LogP contribution in [0, 0.1) is 0 Å². The number of hydrogen-bond donors (Lipinski definition) is 0. The Labute approximate surface area is 126 Å². The molecule has 106 valence electrons. The van der Waals surface area contributed by atoms with Gasteiger partial charge >= 0.3 is 0 Å². The van der Waals surface area contributed by atoms with E-state index in [0.29, 0.717) is 0 Å². The van der Waals surface area contributed by atoms with Crippen molar-refractivity contribution in [2.75, 3.05) is 7.11 Å². The van der Waals surface area contributed by atoms with Gasteiger partial charge in [-0.15, -0.1) is 11.6 Å². The Morgan fingerprint density at radius 1 is 1.00 bits per heavy atom. The first-order valence-electron chi connectivity index (χ1n) is 7.09. The van der Waals surface area contributed by atoms with Gasteiger partial charge in [0.05, 0.1) is 12.5 Å². The molecule has 1 unspecified atom stereocenters. The van der Waals surface area contributed by atoms with Crippen LogP contribution in [0.25, 0.3) is 0 Å². The van der Waals surface area contributed by atoms with Crippen molar-refractivity contribution in [3.05, 3.63) is 64.7 Å². The summed E-state index contributed by atoms with van der Waals surface area (Å²) in [6, 6.07) is 14.6. The average Bonchev–Trinajstić information content (AvgIpc) is 2.53. The van der Waals surface area contributed by atoms with E-state index in [9.17, 15) is 0 Å². The molecule has 2 aromatic carbocycles. The summed E-state index contributed by atoms with van der Waals surface area (Å²) in [7, 11) is 1.69. The van der Waals surface area contributed by atoms with Crippen molar-refractivity contribution in [3.8, 4) is 5.75 Å². The maximum atomic E-state index is 6.75. The zero-order valence-electron chi connectivity index (χ0n) is 12.3. The summed E-state index contributed by atoms with van der Waals surface area (Å²) in [4.78, 5) is 0. The van der Waals surface area contributed by atoms with E-state index in [1.807, 2.05) is 24.3 Å². The molecule has 0 aliphatic heterocycles. The van der Waals surface area contributed by atoms with Gasteiger partial charge in [-0.1, -0.05) is 50.2 Å². The van der Waals surface area contributed by atoms with Gasteiger partial charge in [-0.2, -0.15) is 0 Å². The van der Waals surface area contributed by atoms with Crippen LogP contribution in [0.15, 0.2) is 42.5 Å². The first kappa shape index (κ1) is 14.9. The molecule has 0 aliphatic rings.